The molecular weight excluding hydrogens is 318 g/mol. The zero-order valence-electron chi connectivity index (χ0n) is 12.6. The van der Waals surface area contributed by atoms with E-state index in [0.717, 1.165) is 5.56 Å². The SMILES string of the molecule is Cc1scc(CNC(=O)CCC(=O)c2ccc(Cl)cc2)c1C. The lowest BCUT2D eigenvalue weighted by Crippen LogP contribution is -2.23. The summed E-state index contributed by atoms with van der Waals surface area (Å²) in [6.07, 6.45) is 0.402. The molecule has 0 unspecified atom stereocenters. The van der Waals surface area contributed by atoms with Crippen molar-refractivity contribution in [3.63, 3.8) is 0 Å². The van der Waals surface area contributed by atoms with Gasteiger partial charge in [0.25, 0.3) is 0 Å². The van der Waals surface area contributed by atoms with Crippen molar-refractivity contribution in [3.8, 4) is 0 Å². The van der Waals surface area contributed by atoms with Gasteiger partial charge in [-0.25, -0.2) is 0 Å². The highest BCUT2D eigenvalue weighted by atomic mass is 35.5. The number of nitrogens with one attached hydrogen (secondary N) is 1. The predicted molar refractivity (Wildman–Crippen MR) is 90.7 cm³/mol. The first-order valence-corrected chi connectivity index (χ1v) is 8.32. The Labute approximate surface area is 139 Å². The molecule has 0 spiro atoms. The van der Waals surface area contributed by atoms with Crippen LogP contribution in [0.25, 0.3) is 0 Å². The molecule has 0 aliphatic heterocycles. The fourth-order valence-electron chi connectivity index (χ4n) is 2.03. The monoisotopic (exact) mass is 335 g/mol. The molecule has 0 aliphatic carbocycles. The number of hydrogen-bond acceptors (Lipinski definition) is 3. The van der Waals surface area contributed by atoms with Crippen molar-refractivity contribution in [2.75, 3.05) is 0 Å². The van der Waals surface area contributed by atoms with Gasteiger partial charge in [-0.1, -0.05) is 11.6 Å². The van der Waals surface area contributed by atoms with E-state index in [0.29, 0.717) is 17.1 Å². The number of amides is 1. The molecule has 0 atom stereocenters. The molecule has 116 valence electrons. The van der Waals surface area contributed by atoms with E-state index in [1.807, 2.05) is 0 Å². The Morgan fingerprint density at radius 1 is 1.14 bits per heavy atom. The average molecular weight is 336 g/mol. The van der Waals surface area contributed by atoms with Crippen LogP contribution in [0.3, 0.4) is 0 Å². The number of benzene rings is 1. The average Bonchev–Trinajstić information content (AvgIpc) is 2.83. The largest absolute Gasteiger partial charge is 0.352 e. The molecule has 22 heavy (non-hydrogen) atoms. The molecule has 1 aromatic heterocycles. The maximum Gasteiger partial charge on any atom is 0.220 e. The summed E-state index contributed by atoms with van der Waals surface area (Å²) in [5, 5.41) is 5.52. The smallest absolute Gasteiger partial charge is 0.220 e. The predicted octanol–water partition coefficient (Wildman–Crippen LogP) is 4.30. The van der Waals surface area contributed by atoms with Crippen LogP contribution < -0.4 is 5.32 Å². The van der Waals surface area contributed by atoms with Crippen molar-refractivity contribution in [3.05, 3.63) is 56.2 Å². The third-order valence-corrected chi connectivity index (χ3v) is 4.92. The van der Waals surface area contributed by atoms with E-state index in [-0.39, 0.29) is 24.5 Å². The second-order valence-electron chi connectivity index (χ2n) is 5.15. The van der Waals surface area contributed by atoms with E-state index in [4.69, 9.17) is 11.6 Å². The summed E-state index contributed by atoms with van der Waals surface area (Å²) >= 11 is 7.47. The standard InChI is InChI=1S/C17H18ClNO2S/c1-11-12(2)22-10-14(11)9-19-17(21)8-7-16(20)13-3-5-15(18)6-4-13/h3-6,10H,7-9H2,1-2H3,(H,19,21). The Morgan fingerprint density at radius 2 is 1.82 bits per heavy atom. The van der Waals surface area contributed by atoms with Crippen molar-refractivity contribution in [2.24, 2.45) is 0 Å². The van der Waals surface area contributed by atoms with Crippen molar-refractivity contribution in [2.45, 2.75) is 33.2 Å². The molecule has 1 heterocycles. The van der Waals surface area contributed by atoms with Gasteiger partial charge in [-0.15, -0.1) is 11.3 Å². The van der Waals surface area contributed by atoms with Gasteiger partial charge in [0, 0.05) is 34.8 Å². The van der Waals surface area contributed by atoms with Crippen LogP contribution in [0.4, 0.5) is 0 Å². The van der Waals surface area contributed by atoms with Gasteiger partial charge in [-0.05, 0) is 54.6 Å². The van der Waals surface area contributed by atoms with Gasteiger partial charge in [0.1, 0.15) is 0 Å². The number of carbonyl (C=O) groups excluding carboxylic acids is 2. The molecule has 0 saturated heterocycles. The van der Waals surface area contributed by atoms with Gasteiger partial charge in [0.2, 0.25) is 5.91 Å². The summed E-state index contributed by atoms with van der Waals surface area (Å²) in [6.45, 7) is 4.64. The van der Waals surface area contributed by atoms with E-state index in [9.17, 15) is 9.59 Å². The van der Waals surface area contributed by atoms with Crippen molar-refractivity contribution in [1.29, 1.82) is 0 Å². The quantitative estimate of drug-likeness (QED) is 0.800. The Morgan fingerprint density at radius 3 is 2.41 bits per heavy atom. The lowest BCUT2D eigenvalue weighted by molar-refractivity contribution is -0.121. The molecule has 0 fully saturated rings. The summed E-state index contributed by atoms with van der Waals surface area (Å²) in [4.78, 5) is 25.1. The van der Waals surface area contributed by atoms with Crippen LogP contribution in [-0.4, -0.2) is 11.7 Å². The number of Topliss-reactive ketones (excluding diaryl/α,β-unsaturated/α-hetero) is 1. The highest BCUT2D eigenvalue weighted by molar-refractivity contribution is 7.10. The maximum atomic E-state index is 12.0. The number of thiophene rings is 1. The molecule has 0 aliphatic rings. The molecule has 5 heteroatoms. The molecular formula is C17H18ClNO2S. The van der Waals surface area contributed by atoms with Gasteiger partial charge in [0.15, 0.2) is 5.78 Å². The summed E-state index contributed by atoms with van der Waals surface area (Å²) in [5.41, 5.74) is 2.95. The second kappa shape index (κ2) is 7.56. The summed E-state index contributed by atoms with van der Waals surface area (Å²) in [7, 11) is 0. The number of aryl methyl sites for hydroxylation is 1. The number of rotatable bonds is 6. The minimum Gasteiger partial charge on any atom is -0.352 e. The number of halogens is 1. The highest BCUT2D eigenvalue weighted by Crippen LogP contribution is 2.20. The summed E-state index contributed by atoms with van der Waals surface area (Å²) in [6, 6.07) is 6.72. The molecule has 1 N–H and O–H groups in total. The van der Waals surface area contributed by atoms with Crippen LogP contribution in [0.5, 0.6) is 0 Å². The molecule has 2 aromatic rings. The van der Waals surface area contributed by atoms with Gasteiger partial charge in [-0.3, -0.25) is 9.59 Å². The normalized spacial score (nSPS) is 10.5. The van der Waals surface area contributed by atoms with E-state index in [1.165, 1.54) is 10.4 Å². The Hall–Kier alpha value is -1.65. The third kappa shape index (κ3) is 4.42. The molecule has 3 nitrogen and oxygen atoms in total. The Balaban J connectivity index is 1.79. The summed E-state index contributed by atoms with van der Waals surface area (Å²) < 4.78 is 0. The molecule has 1 amide bonds. The molecule has 0 bridgehead atoms. The Kier molecular flexibility index (Phi) is 5.75. The van der Waals surface area contributed by atoms with Gasteiger partial charge >= 0.3 is 0 Å². The zero-order valence-corrected chi connectivity index (χ0v) is 14.2. The van der Waals surface area contributed by atoms with Crippen LogP contribution in [0.1, 0.15) is 39.2 Å². The van der Waals surface area contributed by atoms with Crippen LogP contribution in [0.2, 0.25) is 5.02 Å². The van der Waals surface area contributed by atoms with Crippen LogP contribution >= 0.6 is 22.9 Å². The topological polar surface area (TPSA) is 46.2 Å². The number of carbonyl (C=O) groups is 2. The fraction of sp³-hybridized carbons (Fsp3) is 0.294. The highest BCUT2D eigenvalue weighted by Gasteiger charge is 2.10. The lowest BCUT2D eigenvalue weighted by atomic mass is 10.1. The van der Waals surface area contributed by atoms with Gasteiger partial charge in [0.05, 0.1) is 0 Å². The maximum absolute atomic E-state index is 12.0. The van der Waals surface area contributed by atoms with Crippen LogP contribution in [0.15, 0.2) is 29.6 Å². The second-order valence-corrected chi connectivity index (χ2v) is 6.67. The number of ketones is 1. The van der Waals surface area contributed by atoms with E-state index in [2.05, 4.69) is 24.5 Å². The van der Waals surface area contributed by atoms with Crippen LogP contribution in [0, 0.1) is 13.8 Å². The first kappa shape index (κ1) is 16.7. The summed E-state index contributed by atoms with van der Waals surface area (Å²) in [5.74, 6) is -0.153. The van der Waals surface area contributed by atoms with E-state index in [1.54, 1.807) is 35.6 Å². The first-order chi connectivity index (χ1) is 10.5. The van der Waals surface area contributed by atoms with Gasteiger partial charge in [-0.2, -0.15) is 0 Å². The number of hydrogen-bond donors (Lipinski definition) is 1. The Bertz CT molecular complexity index is 676. The van der Waals surface area contributed by atoms with E-state index >= 15 is 0 Å². The van der Waals surface area contributed by atoms with Crippen molar-refractivity contribution < 1.29 is 9.59 Å². The fourth-order valence-corrected chi connectivity index (χ4v) is 3.04. The van der Waals surface area contributed by atoms with E-state index < -0.39 is 0 Å². The minimum atomic E-state index is -0.106. The molecule has 0 saturated carbocycles. The molecule has 1 aromatic carbocycles. The minimum absolute atomic E-state index is 0.0469. The lowest BCUT2D eigenvalue weighted by Gasteiger charge is -2.05. The molecule has 2 rings (SSSR count). The molecule has 0 radical (unpaired) electrons. The van der Waals surface area contributed by atoms with Gasteiger partial charge < -0.3 is 5.32 Å². The van der Waals surface area contributed by atoms with Crippen molar-refractivity contribution in [1.82, 2.24) is 5.32 Å². The third-order valence-electron chi connectivity index (χ3n) is 3.61. The first-order valence-electron chi connectivity index (χ1n) is 7.06. The zero-order chi connectivity index (χ0) is 16.1. The van der Waals surface area contributed by atoms with Crippen LogP contribution in [-0.2, 0) is 11.3 Å². The van der Waals surface area contributed by atoms with Crippen molar-refractivity contribution >= 4 is 34.6 Å².